The Balaban J connectivity index is 2.57. The third-order valence-corrected chi connectivity index (χ3v) is 2.65. The highest BCUT2D eigenvalue weighted by molar-refractivity contribution is 5.09. The molecule has 17 heavy (non-hydrogen) atoms. The molecule has 0 aromatic carbocycles. The van der Waals surface area contributed by atoms with Gasteiger partial charge in [0, 0.05) is 18.7 Å². The first-order chi connectivity index (χ1) is 8.30. The Morgan fingerprint density at radius 1 is 1.29 bits per heavy atom. The lowest BCUT2D eigenvalue weighted by Crippen LogP contribution is -2.32. The quantitative estimate of drug-likeness (QED) is 0.753. The summed E-state index contributed by atoms with van der Waals surface area (Å²) in [6.07, 6.45) is 7.87. The summed E-state index contributed by atoms with van der Waals surface area (Å²) >= 11 is 0. The van der Waals surface area contributed by atoms with Crippen molar-refractivity contribution in [2.45, 2.75) is 45.6 Å². The van der Waals surface area contributed by atoms with Gasteiger partial charge in [-0.3, -0.25) is 4.98 Å². The molecule has 0 aliphatic carbocycles. The predicted octanol–water partition coefficient (Wildman–Crippen LogP) is 2.20. The van der Waals surface area contributed by atoms with E-state index in [4.69, 9.17) is 4.74 Å². The highest BCUT2D eigenvalue weighted by Crippen LogP contribution is 2.08. The van der Waals surface area contributed by atoms with Crippen molar-refractivity contribution >= 4 is 0 Å². The fourth-order valence-corrected chi connectivity index (χ4v) is 1.81. The second-order valence-corrected chi connectivity index (χ2v) is 4.20. The summed E-state index contributed by atoms with van der Waals surface area (Å²) in [5.74, 6) is 0.591. The van der Waals surface area contributed by atoms with Crippen molar-refractivity contribution in [3.8, 4) is 5.88 Å². The van der Waals surface area contributed by atoms with E-state index in [2.05, 4.69) is 29.1 Å². The van der Waals surface area contributed by atoms with Gasteiger partial charge in [0.2, 0.25) is 5.88 Å². The number of ether oxygens (including phenoxy) is 1. The average molecular weight is 237 g/mol. The number of nitrogens with zero attached hydrogens (tertiary/aromatic N) is 2. The van der Waals surface area contributed by atoms with Gasteiger partial charge < -0.3 is 10.1 Å². The number of aromatic nitrogens is 2. The maximum absolute atomic E-state index is 5.08. The molecular formula is C13H23N3O. The van der Waals surface area contributed by atoms with Crippen LogP contribution in [0, 0.1) is 0 Å². The first-order valence-corrected chi connectivity index (χ1v) is 6.38. The van der Waals surface area contributed by atoms with E-state index in [0.29, 0.717) is 11.9 Å². The third-order valence-electron chi connectivity index (χ3n) is 2.65. The molecule has 0 saturated carbocycles. The van der Waals surface area contributed by atoms with E-state index < -0.39 is 0 Å². The topological polar surface area (TPSA) is 47.0 Å². The van der Waals surface area contributed by atoms with Crippen LogP contribution in [-0.2, 0) is 6.42 Å². The zero-order valence-electron chi connectivity index (χ0n) is 11.1. The Kier molecular flexibility index (Phi) is 6.55. The Bertz CT molecular complexity index is 317. The molecule has 0 saturated heterocycles. The first-order valence-electron chi connectivity index (χ1n) is 6.38. The van der Waals surface area contributed by atoms with Crippen LogP contribution in [0.5, 0.6) is 5.88 Å². The molecule has 0 bridgehead atoms. The molecule has 0 aliphatic heterocycles. The van der Waals surface area contributed by atoms with Crippen LogP contribution in [0.2, 0.25) is 0 Å². The molecule has 1 N–H and O–H groups in total. The second kappa shape index (κ2) is 8.01. The standard InChI is InChI=1S/C13H23N3O/c1-4-6-11(15-7-5-2)8-12-9-14-10-13(16-12)17-3/h9-11,15H,4-8H2,1-3H3. The first kappa shape index (κ1) is 13.9. The SMILES string of the molecule is CCCNC(CCC)Cc1cncc(OC)n1. The monoisotopic (exact) mass is 237 g/mol. The summed E-state index contributed by atoms with van der Waals surface area (Å²) in [5.41, 5.74) is 0.992. The van der Waals surface area contributed by atoms with E-state index in [9.17, 15) is 0 Å². The maximum Gasteiger partial charge on any atom is 0.232 e. The molecule has 0 radical (unpaired) electrons. The highest BCUT2D eigenvalue weighted by Gasteiger charge is 2.09. The van der Waals surface area contributed by atoms with Crippen molar-refractivity contribution in [3.05, 3.63) is 18.1 Å². The lowest BCUT2D eigenvalue weighted by atomic mass is 10.1. The van der Waals surface area contributed by atoms with Gasteiger partial charge in [0.25, 0.3) is 0 Å². The van der Waals surface area contributed by atoms with Crippen molar-refractivity contribution < 1.29 is 4.74 Å². The average Bonchev–Trinajstić information content (AvgIpc) is 2.36. The smallest absolute Gasteiger partial charge is 0.232 e. The molecule has 1 rings (SSSR count). The van der Waals surface area contributed by atoms with Gasteiger partial charge in [-0.1, -0.05) is 20.3 Å². The van der Waals surface area contributed by atoms with Crippen LogP contribution >= 0.6 is 0 Å². The van der Waals surface area contributed by atoms with Gasteiger partial charge >= 0.3 is 0 Å². The van der Waals surface area contributed by atoms with Crippen molar-refractivity contribution in [2.75, 3.05) is 13.7 Å². The van der Waals surface area contributed by atoms with Gasteiger partial charge in [-0.05, 0) is 19.4 Å². The normalized spacial score (nSPS) is 12.4. The minimum Gasteiger partial charge on any atom is -0.480 e. The second-order valence-electron chi connectivity index (χ2n) is 4.20. The van der Waals surface area contributed by atoms with Crippen LogP contribution in [0.15, 0.2) is 12.4 Å². The molecule has 4 nitrogen and oxygen atoms in total. The Morgan fingerprint density at radius 3 is 2.76 bits per heavy atom. The van der Waals surface area contributed by atoms with Crippen molar-refractivity contribution in [1.29, 1.82) is 0 Å². The van der Waals surface area contributed by atoms with E-state index >= 15 is 0 Å². The number of hydrogen-bond acceptors (Lipinski definition) is 4. The van der Waals surface area contributed by atoms with Gasteiger partial charge in [0.05, 0.1) is 19.0 Å². The minimum absolute atomic E-state index is 0.487. The van der Waals surface area contributed by atoms with E-state index in [0.717, 1.165) is 25.1 Å². The molecule has 0 fully saturated rings. The number of rotatable bonds is 8. The molecular weight excluding hydrogens is 214 g/mol. The van der Waals surface area contributed by atoms with Crippen LogP contribution in [0.3, 0.4) is 0 Å². The molecule has 1 unspecified atom stereocenters. The number of hydrogen-bond donors (Lipinski definition) is 1. The lowest BCUT2D eigenvalue weighted by Gasteiger charge is -2.17. The van der Waals surface area contributed by atoms with Crippen LogP contribution in [0.25, 0.3) is 0 Å². The zero-order chi connectivity index (χ0) is 12.5. The van der Waals surface area contributed by atoms with Crippen LogP contribution in [-0.4, -0.2) is 29.7 Å². The molecule has 4 heteroatoms. The van der Waals surface area contributed by atoms with Gasteiger partial charge in [-0.25, -0.2) is 4.98 Å². The maximum atomic E-state index is 5.08. The molecule has 1 heterocycles. The van der Waals surface area contributed by atoms with E-state index in [-0.39, 0.29) is 0 Å². The fourth-order valence-electron chi connectivity index (χ4n) is 1.81. The molecule has 96 valence electrons. The van der Waals surface area contributed by atoms with Gasteiger partial charge in [-0.2, -0.15) is 0 Å². The molecule has 0 aliphatic rings. The van der Waals surface area contributed by atoms with Crippen molar-refractivity contribution in [2.24, 2.45) is 0 Å². The lowest BCUT2D eigenvalue weighted by molar-refractivity contribution is 0.391. The summed E-state index contributed by atoms with van der Waals surface area (Å²) in [4.78, 5) is 8.53. The Labute approximate surface area is 104 Å². The van der Waals surface area contributed by atoms with E-state index in [1.807, 2.05) is 6.20 Å². The minimum atomic E-state index is 0.487. The molecule has 1 aromatic rings. The molecule has 0 spiro atoms. The molecule has 1 atom stereocenters. The fraction of sp³-hybridized carbons (Fsp3) is 0.692. The van der Waals surface area contributed by atoms with Crippen LogP contribution < -0.4 is 10.1 Å². The Morgan fingerprint density at radius 2 is 2.12 bits per heavy atom. The predicted molar refractivity (Wildman–Crippen MR) is 69.3 cm³/mol. The number of nitrogens with one attached hydrogen (secondary N) is 1. The van der Waals surface area contributed by atoms with Gasteiger partial charge in [0.15, 0.2) is 0 Å². The largest absolute Gasteiger partial charge is 0.480 e. The summed E-state index contributed by atoms with van der Waals surface area (Å²) in [5, 5.41) is 3.55. The highest BCUT2D eigenvalue weighted by atomic mass is 16.5. The van der Waals surface area contributed by atoms with Crippen molar-refractivity contribution in [1.82, 2.24) is 15.3 Å². The van der Waals surface area contributed by atoms with Crippen molar-refractivity contribution in [3.63, 3.8) is 0 Å². The van der Waals surface area contributed by atoms with Crippen LogP contribution in [0.1, 0.15) is 38.8 Å². The zero-order valence-corrected chi connectivity index (χ0v) is 11.1. The van der Waals surface area contributed by atoms with Gasteiger partial charge in [-0.15, -0.1) is 0 Å². The van der Waals surface area contributed by atoms with E-state index in [1.165, 1.54) is 12.8 Å². The molecule has 0 amide bonds. The summed E-state index contributed by atoms with van der Waals surface area (Å²) < 4.78 is 5.08. The number of methoxy groups -OCH3 is 1. The van der Waals surface area contributed by atoms with Gasteiger partial charge in [0.1, 0.15) is 0 Å². The van der Waals surface area contributed by atoms with Crippen LogP contribution in [0.4, 0.5) is 0 Å². The van der Waals surface area contributed by atoms with E-state index in [1.54, 1.807) is 13.3 Å². The Hall–Kier alpha value is -1.16. The summed E-state index contributed by atoms with van der Waals surface area (Å²) in [6.45, 7) is 5.45. The summed E-state index contributed by atoms with van der Waals surface area (Å²) in [6, 6.07) is 0.487. The summed E-state index contributed by atoms with van der Waals surface area (Å²) in [7, 11) is 1.62. The third kappa shape index (κ3) is 5.13. The molecule has 1 aromatic heterocycles.